The zero-order valence-corrected chi connectivity index (χ0v) is 16.8. The summed E-state index contributed by atoms with van der Waals surface area (Å²) in [5, 5.41) is 2.58. The van der Waals surface area contributed by atoms with E-state index in [0.717, 1.165) is 20.1 Å². The molecule has 1 aromatic carbocycles. The van der Waals surface area contributed by atoms with E-state index in [1.807, 2.05) is 18.4 Å². The molecule has 0 aliphatic rings. The van der Waals surface area contributed by atoms with Crippen molar-refractivity contribution in [2.45, 2.75) is 24.0 Å². The molecule has 0 saturated heterocycles. The molecule has 0 bridgehead atoms. The highest BCUT2D eigenvalue weighted by atomic mass is 32.2. The van der Waals surface area contributed by atoms with Gasteiger partial charge in [-0.05, 0) is 30.5 Å². The van der Waals surface area contributed by atoms with E-state index in [0.29, 0.717) is 11.8 Å². The summed E-state index contributed by atoms with van der Waals surface area (Å²) in [7, 11) is 1.22. The number of hydrogen-bond acceptors (Lipinski definition) is 5. The van der Waals surface area contributed by atoms with Crippen molar-refractivity contribution in [2.24, 2.45) is 7.05 Å². The van der Waals surface area contributed by atoms with Gasteiger partial charge in [0.15, 0.2) is 0 Å². The summed E-state index contributed by atoms with van der Waals surface area (Å²) in [5.41, 5.74) is -2.61. The predicted octanol–water partition coefficient (Wildman–Crippen LogP) is 2.86. The molecule has 3 rings (SSSR count). The molecule has 0 radical (unpaired) electrons. The molecule has 0 unspecified atom stereocenters. The maximum Gasteiger partial charge on any atom is 0.433 e. The molecule has 3 aromatic rings. The molecule has 30 heavy (non-hydrogen) atoms. The van der Waals surface area contributed by atoms with Gasteiger partial charge in [-0.1, -0.05) is 12.1 Å². The van der Waals surface area contributed by atoms with E-state index in [9.17, 15) is 27.6 Å². The third kappa shape index (κ3) is 4.25. The molecule has 2 aromatic heterocycles. The lowest BCUT2D eigenvalue weighted by molar-refractivity contribution is -0.141. The highest BCUT2D eigenvalue weighted by Crippen LogP contribution is 2.28. The van der Waals surface area contributed by atoms with Crippen LogP contribution in [0.4, 0.5) is 18.9 Å². The number of carbonyl (C=O) groups excluding carboxylic acids is 1. The summed E-state index contributed by atoms with van der Waals surface area (Å²) in [5.74, 6) is -0.406. The average molecular weight is 438 g/mol. The van der Waals surface area contributed by atoms with Crippen molar-refractivity contribution in [3.8, 4) is 0 Å². The number of carbonyl (C=O) groups is 1. The van der Waals surface area contributed by atoms with Gasteiger partial charge in [-0.15, -0.1) is 11.8 Å². The monoisotopic (exact) mass is 438 g/mol. The van der Waals surface area contributed by atoms with Gasteiger partial charge in [-0.2, -0.15) is 13.2 Å². The van der Waals surface area contributed by atoms with E-state index in [2.05, 4.69) is 10.3 Å². The van der Waals surface area contributed by atoms with E-state index in [1.54, 1.807) is 12.1 Å². The second kappa shape index (κ2) is 8.34. The molecule has 0 fully saturated rings. The Kier molecular flexibility index (Phi) is 6.01. The van der Waals surface area contributed by atoms with Crippen LogP contribution in [0.3, 0.4) is 0 Å². The summed E-state index contributed by atoms with van der Waals surface area (Å²) in [6, 6.07) is 8.84. The minimum Gasteiger partial charge on any atom is -0.325 e. The molecule has 11 heteroatoms. The lowest BCUT2D eigenvalue weighted by Crippen LogP contribution is -2.40. The summed E-state index contributed by atoms with van der Waals surface area (Å²) in [4.78, 5) is 41.7. The number of nitrogens with zero attached hydrogens (tertiary/aromatic N) is 3. The van der Waals surface area contributed by atoms with Crippen LogP contribution in [0.2, 0.25) is 0 Å². The first-order chi connectivity index (χ1) is 14.1. The van der Waals surface area contributed by atoms with E-state index in [4.69, 9.17) is 0 Å². The molecule has 2 heterocycles. The number of amides is 1. The first-order valence-corrected chi connectivity index (χ1v) is 9.96. The Morgan fingerprint density at radius 1 is 1.17 bits per heavy atom. The lowest BCUT2D eigenvalue weighted by Gasteiger charge is -2.13. The smallest absolute Gasteiger partial charge is 0.325 e. The second-order valence-corrected chi connectivity index (χ2v) is 7.21. The summed E-state index contributed by atoms with van der Waals surface area (Å²) in [6.45, 7) is -0.226. The number of hydrogen-bond donors (Lipinski definition) is 1. The molecule has 158 valence electrons. The fourth-order valence-electron chi connectivity index (χ4n) is 2.90. The van der Waals surface area contributed by atoms with Gasteiger partial charge in [0.2, 0.25) is 5.91 Å². The summed E-state index contributed by atoms with van der Waals surface area (Å²) < 4.78 is 40.4. The molecule has 1 amide bonds. The van der Waals surface area contributed by atoms with Crippen LogP contribution in [-0.2, 0) is 24.6 Å². The molecule has 0 aliphatic heterocycles. The molecular formula is C19H17F3N4O3S. The van der Waals surface area contributed by atoms with E-state index in [1.165, 1.54) is 18.8 Å². The number of para-hydroxylation sites is 1. The maximum absolute atomic E-state index is 12.9. The Labute approximate surface area is 172 Å². The maximum atomic E-state index is 12.9. The van der Waals surface area contributed by atoms with Gasteiger partial charge in [-0.25, -0.2) is 9.78 Å². The first kappa shape index (κ1) is 21.6. The SMILES string of the molecule is CSc1ccccc1NC(=O)CCn1c(=O)c2ccc(C(F)(F)F)nc2n(C)c1=O. The fourth-order valence-corrected chi connectivity index (χ4v) is 3.46. The number of rotatable bonds is 5. The van der Waals surface area contributed by atoms with Crippen LogP contribution in [0.25, 0.3) is 11.0 Å². The number of benzene rings is 1. The van der Waals surface area contributed by atoms with E-state index in [-0.39, 0.29) is 24.0 Å². The Bertz CT molecular complexity index is 1230. The number of thioether (sulfide) groups is 1. The van der Waals surface area contributed by atoms with Crippen LogP contribution in [0.5, 0.6) is 0 Å². The number of anilines is 1. The van der Waals surface area contributed by atoms with E-state index < -0.39 is 29.0 Å². The van der Waals surface area contributed by atoms with Crippen LogP contribution in [0.1, 0.15) is 12.1 Å². The molecule has 7 nitrogen and oxygen atoms in total. The Hall–Kier alpha value is -3.08. The highest BCUT2D eigenvalue weighted by molar-refractivity contribution is 7.98. The van der Waals surface area contributed by atoms with Gasteiger partial charge < -0.3 is 5.32 Å². The molecule has 0 atom stereocenters. The fraction of sp³-hybridized carbons (Fsp3) is 0.263. The summed E-state index contributed by atoms with van der Waals surface area (Å²) in [6.07, 6.45) is -3.01. The van der Waals surface area contributed by atoms with Crippen molar-refractivity contribution in [3.05, 3.63) is 62.9 Å². The number of aryl methyl sites for hydroxylation is 1. The largest absolute Gasteiger partial charge is 0.433 e. The number of aromatic nitrogens is 3. The normalized spacial score (nSPS) is 11.6. The molecule has 1 N–H and O–H groups in total. The van der Waals surface area contributed by atoms with Crippen molar-refractivity contribution in [1.82, 2.24) is 14.1 Å². The number of alkyl halides is 3. The number of nitrogens with one attached hydrogen (secondary N) is 1. The van der Waals surface area contributed by atoms with Gasteiger partial charge in [0, 0.05) is 24.9 Å². The van der Waals surface area contributed by atoms with Crippen molar-refractivity contribution in [2.75, 3.05) is 11.6 Å². The van der Waals surface area contributed by atoms with Crippen molar-refractivity contribution >= 4 is 34.4 Å². The second-order valence-electron chi connectivity index (χ2n) is 6.36. The topological polar surface area (TPSA) is 86.0 Å². The third-order valence-corrected chi connectivity index (χ3v) is 5.22. The Balaban J connectivity index is 1.89. The van der Waals surface area contributed by atoms with Gasteiger partial charge >= 0.3 is 11.9 Å². The average Bonchev–Trinajstić information content (AvgIpc) is 2.71. The Morgan fingerprint density at radius 2 is 1.87 bits per heavy atom. The van der Waals surface area contributed by atoms with Crippen LogP contribution in [0.15, 0.2) is 50.9 Å². The van der Waals surface area contributed by atoms with Crippen molar-refractivity contribution < 1.29 is 18.0 Å². The van der Waals surface area contributed by atoms with Crippen LogP contribution < -0.4 is 16.6 Å². The number of pyridine rings is 1. The molecule has 0 aliphatic carbocycles. The first-order valence-electron chi connectivity index (χ1n) is 8.74. The third-order valence-electron chi connectivity index (χ3n) is 4.42. The molecule has 0 saturated carbocycles. The van der Waals surface area contributed by atoms with Crippen molar-refractivity contribution in [3.63, 3.8) is 0 Å². The minimum absolute atomic E-state index is 0.141. The number of halogens is 3. The van der Waals surface area contributed by atoms with Crippen LogP contribution >= 0.6 is 11.8 Å². The lowest BCUT2D eigenvalue weighted by atomic mass is 10.2. The van der Waals surface area contributed by atoms with Gasteiger partial charge in [0.25, 0.3) is 5.56 Å². The molecular weight excluding hydrogens is 421 g/mol. The van der Waals surface area contributed by atoms with Gasteiger partial charge in [0.1, 0.15) is 11.3 Å². The Morgan fingerprint density at radius 3 is 2.53 bits per heavy atom. The standard InChI is InChI=1S/C19H17F3N4O3S/c1-25-16-11(7-8-14(24-16)19(20,21)22)17(28)26(18(25)29)10-9-15(27)23-12-5-3-4-6-13(12)30-2/h3-8H,9-10H2,1-2H3,(H,23,27). The van der Waals surface area contributed by atoms with Crippen LogP contribution in [-0.4, -0.2) is 26.3 Å². The van der Waals surface area contributed by atoms with Gasteiger partial charge in [-0.3, -0.25) is 18.7 Å². The zero-order valence-electron chi connectivity index (χ0n) is 16.0. The minimum atomic E-state index is -4.70. The number of fused-ring (bicyclic) bond motifs is 1. The van der Waals surface area contributed by atoms with Crippen molar-refractivity contribution in [1.29, 1.82) is 0 Å². The highest BCUT2D eigenvalue weighted by Gasteiger charge is 2.33. The van der Waals surface area contributed by atoms with Gasteiger partial charge in [0.05, 0.1) is 11.1 Å². The quantitative estimate of drug-likeness (QED) is 0.619. The summed E-state index contributed by atoms with van der Waals surface area (Å²) >= 11 is 1.45. The molecule has 0 spiro atoms. The predicted molar refractivity (Wildman–Crippen MR) is 108 cm³/mol. The zero-order chi connectivity index (χ0) is 22.1. The van der Waals surface area contributed by atoms with E-state index >= 15 is 0 Å². The van der Waals surface area contributed by atoms with Crippen LogP contribution in [0, 0.1) is 0 Å².